The van der Waals surface area contributed by atoms with Gasteiger partial charge < -0.3 is 15.4 Å². The summed E-state index contributed by atoms with van der Waals surface area (Å²) < 4.78 is 5.28. The van der Waals surface area contributed by atoms with Gasteiger partial charge in [0.25, 0.3) is 0 Å². The summed E-state index contributed by atoms with van der Waals surface area (Å²) in [5.74, 6) is 0.633. The van der Waals surface area contributed by atoms with E-state index in [2.05, 4.69) is 24.5 Å². The van der Waals surface area contributed by atoms with Crippen LogP contribution >= 0.6 is 0 Å². The Morgan fingerprint density at radius 1 is 1.47 bits per heavy atom. The molecule has 0 aromatic rings. The van der Waals surface area contributed by atoms with Crippen LogP contribution in [0.5, 0.6) is 0 Å². The van der Waals surface area contributed by atoms with Crippen LogP contribution in [0.3, 0.4) is 0 Å². The Labute approximate surface area is 104 Å². The van der Waals surface area contributed by atoms with Gasteiger partial charge >= 0.3 is 6.09 Å². The van der Waals surface area contributed by atoms with E-state index < -0.39 is 5.60 Å². The summed E-state index contributed by atoms with van der Waals surface area (Å²) in [5, 5.41) is 6.40. The van der Waals surface area contributed by atoms with E-state index >= 15 is 0 Å². The van der Waals surface area contributed by atoms with Crippen molar-refractivity contribution >= 4 is 6.09 Å². The van der Waals surface area contributed by atoms with Crippen molar-refractivity contribution in [3.05, 3.63) is 0 Å². The number of carbonyl (C=O) groups is 1. The molecule has 4 heteroatoms. The SMILES string of the molecule is CC(C)CC1NCCC1NC(=O)OC(C)(C)C. The highest BCUT2D eigenvalue weighted by atomic mass is 16.6. The highest BCUT2D eigenvalue weighted by Gasteiger charge is 2.29. The van der Waals surface area contributed by atoms with Crippen LogP contribution in [0.4, 0.5) is 4.79 Å². The van der Waals surface area contributed by atoms with Crippen molar-refractivity contribution in [2.45, 2.75) is 65.1 Å². The van der Waals surface area contributed by atoms with Crippen molar-refractivity contribution in [2.75, 3.05) is 6.54 Å². The van der Waals surface area contributed by atoms with Crippen LogP contribution < -0.4 is 10.6 Å². The third-order valence-electron chi connectivity index (χ3n) is 2.78. The van der Waals surface area contributed by atoms with Crippen molar-refractivity contribution in [2.24, 2.45) is 5.92 Å². The predicted molar refractivity (Wildman–Crippen MR) is 69.0 cm³/mol. The minimum atomic E-state index is -0.427. The molecular formula is C13H26N2O2. The molecule has 0 spiro atoms. The number of hydrogen-bond donors (Lipinski definition) is 2. The minimum absolute atomic E-state index is 0.201. The van der Waals surface area contributed by atoms with Crippen LogP contribution in [0.2, 0.25) is 0 Å². The van der Waals surface area contributed by atoms with Gasteiger partial charge in [-0.2, -0.15) is 0 Å². The summed E-state index contributed by atoms with van der Waals surface area (Å²) in [6.07, 6.45) is 1.76. The van der Waals surface area contributed by atoms with Crippen LogP contribution in [-0.2, 0) is 4.74 Å². The maximum atomic E-state index is 11.7. The normalized spacial score (nSPS) is 25.1. The zero-order valence-electron chi connectivity index (χ0n) is 11.7. The second kappa shape index (κ2) is 5.71. The molecule has 0 bridgehead atoms. The molecule has 1 saturated heterocycles. The van der Waals surface area contributed by atoms with Gasteiger partial charge in [-0.1, -0.05) is 13.8 Å². The first-order valence-corrected chi connectivity index (χ1v) is 6.51. The Morgan fingerprint density at radius 3 is 2.65 bits per heavy atom. The van der Waals surface area contributed by atoms with Gasteiger partial charge in [-0.3, -0.25) is 0 Å². The lowest BCUT2D eigenvalue weighted by Gasteiger charge is -2.25. The van der Waals surface area contributed by atoms with Gasteiger partial charge in [0.05, 0.1) is 0 Å². The molecule has 1 aliphatic heterocycles. The maximum absolute atomic E-state index is 11.7. The molecule has 0 saturated carbocycles. The lowest BCUT2D eigenvalue weighted by molar-refractivity contribution is 0.0498. The van der Waals surface area contributed by atoms with Crippen LogP contribution in [0.25, 0.3) is 0 Å². The van der Waals surface area contributed by atoms with E-state index in [1.807, 2.05) is 20.8 Å². The number of nitrogens with one attached hydrogen (secondary N) is 2. The monoisotopic (exact) mass is 242 g/mol. The average molecular weight is 242 g/mol. The van der Waals surface area contributed by atoms with Crippen molar-refractivity contribution in [1.82, 2.24) is 10.6 Å². The standard InChI is InChI=1S/C13H26N2O2/c1-9(2)8-11-10(6-7-14-11)15-12(16)17-13(3,4)5/h9-11,14H,6-8H2,1-5H3,(H,15,16). The van der Waals surface area contributed by atoms with E-state index in [1.54, 1.807) is 0 Å². The number of amides is 1. The molecule has 2 unspecified atom stereocenters. The molecule has 2 N–H and O–H groups in total. The largest absolute Gasteiger partial charge is 0.444 e. The smallest absolute Gasteiger partial charge is 0.407 e. The number of alkyl carbamates (subject to hydrolysis) is 1. The van der Waals surface area contributed by atoms with Gasteiger partial charge in [0, 0.05) is 12.1 Å². The van der Waals surface area contributed by atoms with Gasteiger partial charge in [-0.15, -0.1) is 0 Å². The molecule has 4 nitrogen and oxygen atoms in total. The van der Waals surface area contributed by atoms with Crippen LogP contribution in [0.1, 0.15) is 47.5 Å². The van der Waals surface area contributed by atoms with E-state index in [-0.39, 0.29) is 12.1 Å². The van der Waals surface area contributed by atoms with Crippen molar-refractivity contribution < 1.29 is 9.53 Å². The lowest BCUT2D eigenvalue weighted by atomic mass is 9.99. The maximum Gasteiger partial charge on any atom is 0.407 e. The molecule has 100 valence electrons. The highest BCUT2D eigenvalue weighted by molar-refractivity contribution is 5.68. The molecule has 0 aromatic heterocycles. The molecule has 0 aliphatic carbocycles. The summed E-state index contributed by atoms with van der Waals surface area (Å²) in [6.45, 7) is 11.0. The second-order valence-electron chi connectivity index (χ2n) is 6.23. The third-order valence-corrected chi connectivity index (χ3v) is 2.78. The quantitative estimate of drug-likeness (QED) is 0.798. The first-order chi connectivity index (χ1) is 7.78. The topological polar surface area (TPSA) is 50.4 Å². The lowest BCUT2D eigenvalue weighted by Crippen LogP contribution is -2.45. The van der Waals surface area contributed by atoms with Crippen molar-refractivity contribution in [1.29, 1.82) is 0 Å². The minimum Gasteiger partial charge on any atom is -0.444 e. The second-order valence-corrected chi connectivity index (χ2v) is 6.23. The Hall–Kier alpha value is -0.770. The van der Waals surface area contributed by atoms with E-state index in [4.69, 9.17) is 4.74 Å². The summed E-state index contributed by atoms with van der Waals surface area (Å²) >= 11 is 0. The summed E-state index contributed by atoms with van der Waals surface area (Å²) in [4.78, 5) is 11.7. The number of ether oxygens (including phenoxy) is 1. The van der Waals surface area contributed by atoms with Gasteiger partial charge in [0.2, 0.25) is 0 Å². The molecule has 1 heterocycles. The van der Waals surface area contributed by atoms with Crippen molar-refractivity contribution in [3.63, 3.8) is 0 Å². The van der Waals surface area contributed by atoms with E-state index in [0.717, 1.165) is 19.4 Å². The Kier molecular flexibility index (Phi) is 4.80. The van der Waals surface area contributed by atoms with E-state index in [9.17, 15) is 4.79 Å². The van der Waals surface area contributed by atoms with Crippen molar-refractivity contribution in [3.8, 4) is 0 Å². The Balaban J connectivity index is 2.42. The molecule has 17 heavy (non-hydrogen) atoms. The van der Waals surface area contributed by atoms with Crippen LogP contribution in [0.15, 0.2) is 0 Å². The van der Waals surface area contributed by atoms with Gasteiger partial charge in [-0.25, -0.2) is 4.79 Å². The first kappa shape index (κ1) is 14.3. The number of hydrogen-bond acceptors (Lipinski definition) is 3. The molecule has 1 aliphatic rings. The molecule has 1 amide bonds. The molecule has 1 fully saturated rings. The zero-order valence-corrected chi connectivity index (χ0v) is 11.7. The molecule has 0 radical (unpaired) electrons. The highest BCUT2D eigenvalue weighted by Crippen LogP contribution is 2.16. The fraction of sp³-hybridized carbons (Fsp3) is 0.923. The van der Waals surface area contributed by atoms with Gasteiger partial charge in [0.15, 0.2) is 0 Å². The van der Waals surface area contributed by atoms with Gasteiger partial charge in [-0.05, 0) is 46.1 Å². The molecule has 0 aromatic carbocycles. The molecule has 1 rings (SSSR count). The van der Waals surface area contributed by atoms with Crippen LogP contribution in [0, 0.1) is 5.92 Å². The fourth-order valence-electron chi connectivity index (χ4n) is 2.15. The van der Waals surface area contributed by atoms with Crippen LogP contribution in [-0.4, -0.2) is 30.3 Å². The van der Waals surface area contributed by atoms with Gasteiger partial charge in [0.1, 0.15) is 5.60 Å². The number of carbonyl (C=O) groups excluding carboxylic acids is 1. The molecular weight excluding hydrogens is 216 g/mol. The fourth-order valence-corrected chi connectivity index (χ4v) is 2.15. The Morgan fingerprint density at radius 2 is 2.12 bits per heavy atom. The summed E-state index contributed by atoms with van der Waals surface area (Å²) in [7, 11) is 0. The first-order valence-electron chi connectivity index (χ1n) is 6.51. The average Bonchev–Trinajstić information content (AvgIpc) is 2.47. The third kappa shape index (κ3) is 5.39. The summed E-state index contributed by atoms with van der Waals surface area (Å²) in [5.41, 5.74) is -0.427. The zero-order chi connectivity index (χ0) is 13.1. The molecule has 2 atom stereocenters. The Bertz CT molecular complexity index is 259. The summed E-state index contributed by atoms with van der Waals surface area (Å²) in [6, 6.07) is 0.578. The predicted octanol–water partition coefficient (Wildman–Crippen LogP) is 2.29. The van der Waals surface area contributed by atoms with E-state index in [1.165, 1.54) is 0 Å². The van der Waals surface area contributed by atoms with E-state index in [0.29, 0.717) is 12.0 Å². The number of rotatable bonds is 3.